The summed E-state index contributed by atoms with van der Waals surface area (Å²) in [5.74, 6) is -1.72. The molecule has 0 spiro atoms. The molecule has 1 N–H and O–H groups in total. The van der Waals surface area contributed by atoms with Crippen LogP contribution in [-0.4, -0.2) is 41.9 Å². The average molecular weight is 445 g/mol. The largest absolute Gasteiger partial charge is 0.373 e. The van der Waals surface area contributed by atoms with E-state index in [1.807, 2.05) is 6.07 Å². The van der Waals surface area contributed by atoms with Crippen LogP contribution in [0.4, 0.5) is 15.8 Å². The molecule has 2 amide bonds. The number of Topliss-reactive ketones (excluding diaryl/α,β-unsaturated/α-hetero) is 1. The lowest BCUT2D eigenvalue weighted by atomic mass is 9.92. The van der Waals surface area contributed by atoms with Crippen molar-refractivity contribution in [2.75, 3.05) is 23.4 Å². The standard InChI is InChI=1S/C23H22ClFN2O4/c1-26-19-5-4-18(12-15(19)3-7-21(26)29)27-9-8-23(31,22(27)30)20(28)6-2-14-10-16(24)13-17(25)11-14/h4-5,10-13,31H,2-3,6-9H2,1H3/t23-/m0/s1. The molecular formula is C23H22ClFN2O4. The first-order valence-corrected chi connectivity index (χ1v) is 10.5. The fourth-order valence-electron chi connectivity index (χ4n) is 4.24. The summed E-state index contributed by atoms with van der Waals surface area (Å²) in [7, 11) is 1.71. The van der Waals surface area contributed by atoms with Crippen LogP contribution in [0.25, 0.3) is 0 Å². The number of amides is 2. The Balaban J connectivity index is 1.49. The monoisotopic (exact) mass is 444 g/mol. The van der Waals surface area contributed by atoms with Gasteiger partial charge in [-0.15, -0.1) is 0 Å². The number of nitrogens with zero attached hydrogens (tertiary/aromatic N) is 2. The summed E-state index contributed by atoms with van der Waals surface area (Å²) < 4.78 is 13.5. The smallest absolute Gasteiger partial charge is 0.266 e. The number of aliphatic hydroxyl groups is 1. The van der Waals surface area contributed by atoms with E-state index in [9.17, 15) is 23.9 Å². The molecule has 0 aromatic heterocycles. The molecule has 0 bridgehead atoms. The van der Waals surface area contributed by atoms with Gasteiger partial charge in [0, 0.05) is 49.3 Å². The van der Waals surface area contributed by atoms with E-state index >= 15 is 0 Å². The number of rotatable bonds is 5. The third-order valence-electron chi connectivity index (χ3n) is 6.04. The van der Waals surface area contributed by atoms with Crippen molar-refractivity contribution >= 4 is 40.6 Å². The van der Waals surface area contributed by atoms with Crippen molar-refractivity contribution < 1.29 is 23.9 Å². The molecule has 0 unspecified atom stereocenters. The van der Waals surface area contributed by atoms with Gasteiger partial charge < -0.3 is 14.9 Å². The Morgan fingerprint density at radius 1 is 1.19 bits per heavy atom. The maximum atomic E-state index is 13.5. The maximum absolute atomic E-state index is 13.5. The molecule has 2 aromatic rings. The van der Waals surface area contributed by atoms with Crippen LogP contribution in [0.15, 0.2) is 36.4 Å². The highest BCUT2D eigenvalue weighted by Crippen LogP contribution is 2.35. The van der Waals surface area contributed by atoms with Crippen molar-refractivity contribution in [2.24, 2.45) is 0 Å². The summed E-state index contributed by atoms with van der Waals surface area (Å²) in [6.07, 6.45) is 1.03. The molecular weight excluding hydrogens is 423 g/mol. The fourth-order valence-corrected chi connectivity index (χ4v) is 4.49. The van der Waals surface area contributed by atoms with E-state index in [-0.39, 0.29) is 36.7 Å². The molecule has 4 rings (SSSR count). The van der Waals surface area contributed by atoms with Crippen molar-refractivity contribution in [3.8, 4) is 0 Å². The molecule has 6 nitrogen and oxygen atoms in total. The van der Waals surface area contributed by atoms with Crippen LogP contribution >= 0.6 is 11.6 Å². The SMILES string of the molecule is CN1C(=O)CCc2cc(N3CC[C@](O)(C(=O)CCc4cc(F)cc(Cl)c4)C3=O)ccc21. The molecule has 1 fully saturated rings. The summed E-state index contributed by atoms with van der Waals surface area (Å²) in [5.41, 5.74) is 0.758. The molecule has 31 heavy (non-hydrogen) atoms. The number of hydrogen-bond donors (Lipinski definition) is 1. The predicted octanol–water partition coefficient (Wildman–Crippen LogP) is 3.06. The maximum Gasteiger partial charge on any atom is 0.266 e. The molecule has 0 radical (unpaired) electrons. The van der Waals surface area contributed by atoms with Gasteiger partial charge in [0.05, 0.1) is 0 Å². The summed E-state index contributed by atoms with van der Waals surface area (Å²) in [6.45, 7) is 0.209. The van der Waals surface area contributed by atoms with E-state index in [0.29, 0.717) is 24.1 Å². The summed E-state index contributed by atoms with van der Waals surface area (Å²) in [6, 6.07) is 9.34. The molecule has 0 aliphatic carbocycles. The van der Waals surface area contributed by atoms with Crippen molar-refractivity contribution in [2.45, 2.75) is 37.7 Å². The van der Waals surface area contributed by atoms with Gasteiger partial charge in [0.2, 0.25) is 11.5 Å². The molecule has 0 saturated carbocycles. The first-order valence-electron chi connectivity index (χ1n) is 10.1. The van der Waals surface area contributed by atoms with Crippen molar-refractivity contribution in [3.63, 3.8) is 0 Å². The van der Waals surface area contributed by atoms with Gasteiger partial charge in [0.25, 0.3) is 5.91 Å². The topological polar surface area (TPSA) is 77.9 Å². The molecule has 2 heterocycles. The normalized spacial score (nSPS) is 20.9. The molecule has 1 saturated heterocycles. The van der Waals surface area contributed by atoms with Crippen molar-refractivity contribution in [1.29, 1.82) is 0 Å². The van der Waals surface area contributed by atoms with E-state index in [1.165, 1.54) is 17.0 Å². The van der Waals surface area contributed by atoms with Crippen LogP contribution in [0.2, 0.25) is 5.02 Å². The second-order valence-electron chi connectivity index (χ2n) is 8.03. The number of hydrogen-bond acceptors (Lipinski definition) is 4. The minimum atomic E-state index is -2.10. The lowest BCUT2D eigenvalue weighted by molar-refractivity contribution is -0.147. The quantitative estimate of drug-likeness (QED) is 0.719. The van der Waals surface area contributed by atoms with Crippen LogP contribution in [-0.2, 0) is 27.2 Å². The molecule has 2 aromatic carbocycles. The molecule has 8 heteroatoms. The third kappa shape index (κ3) is 3.95. The predicted molar refractivity (Wildman–Crippen MR) is 115 cm³/mol. The summed E-state index contributed by atoms with van der Waals surface area (Å²) in [5, 5.41) is 11.1. The van der Waals surface area contributed by atoms with Crippen LogP contribution in [0.5, 0.6) is 0 Å². The van der Waals surface area contributed by atoms with E-state index in [2.05, 4.69) is 0 Å². The number of carbonyl (C=O) groups is 3. The zero-order valence-corrected chi connectivity index (χ0v) is 17.8. The zero-order chi connectivity index (χ0) is 22.3. The molecule has 162 valence electrons. The summed E-state index contributed by atoms with van der Waals surface area (Å²) >= 11 is 5.84. The average Bonchev–Trinajstić information content (AvgIpc) is 3.04. The molecule has 2 aliphatic rings. The first-order chi connectivity index (χ1) is 14.7. The Labute approximate surface area is 184 Å². The second-order valence-corrected chi connectivity index (χ2v) is 8.47. The van der Waals surface area contributed by atoms with Gasteiger partial charge in [-0.05, 0) is 60.4 Å². The van der Waals surface area contributed by atoms with Gasteiger partial charge in [-0.2, -0.15) is 0 Å². The highest BCUT2D eigenvalue weighted by molar-refractivity contribution is 6.30. The number of ketones is 1. The number of fused-ring (bicyclic) bond motifs is 1. The highest BCUT2D eigenvalue weighted by Gasteiger charge is 2.50. The minimum Gasteiger partial charge on any atom is -0.373 e. The van der Waals surface area contributed by atoms with Gasteiger partial charge in [-0.1, -0.05) is 11.6 Å². The Morgan fingerprint density at radius 2 is 1.97 bits per heavy atom. The van der Waals surface area contributed by atoms with E-state index in [0.717, 1.165) is 11.3 Å². The lowest BCUT2D eigenvalue weighted by Gasteiger charge is -2.28. The van der Waals surface area contributed by atoms with Gasteiger partial charge in [-0.3, -0.25) is 14.4 Å². The Kier molecular flexibility index (Phi) is 5.58. The Morgan fingerprint density at radius 3 is 2.71 bits per heavy atom. The minimum absolute atomic E-state index is 0.00987. The van der Waals surface area contributed by atoms with Gasteiger partial charge in [0.15, 0.2) is 5.78 Å². The highest BCUT2D eigenvalue weighted by atomic mass is 35.5. The van der Waals surface area contributed by atoms with Crippen LogP contribution in [0, 0.1) is 5.82 Å². The van der Waals surface area contributed by atoms with Crippen molar-refractivity contribution in [1.82, 2.24) is 0 Å². The van der Waals surface area contributed by atoms with Crippen LogP contribution in [0.1, 0.15) is 30.4 Å². The Hall–Kier alpha value is -2.77. The van der Waals surface area contributed by atoms with Gasteiger partial charge in [-0.25, -0.2) is 4.39 Å². The van der Waals surface area contributed by atoms with Crippen LogP contribution < -0.4 is 9.80 Å². The number of benzene rings is 2. The number of anilines is 2. The number of aryl methyl sites for hydroxylation is 2. The second kappa shape index (κ2) is 8.05. The molecule has 2 aliphatic heterocycles. The third-order valence-corrected chi connectivity index (χ3v) is 6.26. The van der Waals surface area contributed by atoms with E-state index < -0.39 is 23.1 Å². The zero-order valence-electron chi connectivity index (χ0n) is 17.0. The Bertz CT molecular complexity index is 1070. The fraction of sp³-hybridized carbons (Fsp3) is 0.348. The first kappa shape index (κ1) is 21.5. The lowest BCUT2D eigenvalue weighted by Crippen LogP contribution is -2.47. The van der Waals surface area contributed by atoms with Gasteiger partial charge >= 0.3 is 0 Å². The number of carbonyl (C=O) groups excluding carboxylic acids is 3. The van der Waals surface area contributed by atoms with E-state index in [4.69, 9.17) is 11.6 Å². The number of halogens is 2. The molecule has 1 atom stereocenters. The van der Waals surface area contributed by atoms with E-state index in [1.54, 1.807) is 30.1 Å². The van der Waals surface area contributed by atoms with Crippen LogP contribution in [0.3, 0.4) is 0 Å². The van der Waals surface area contributed by atoms with Gasteiger partial charge in [0.1, 0.15) is 5.82 Å². The summed E-state index contributed by atoms with van der Waals surface area (Å²) in [4.78, 5) is 40.6. The van der Waals surface area contributed by atoms with Crippen molar-refractivity contribution in [3.05, 3.63) is 58.4 Å².